The quantitative estimate of drug-likeness (QED) is 0.259. The van der Waals surface area contributed by atoms with Gasteiger partial charge in [0.25, 0.3) is 10.0 Å². The number of benzene rings is 1. The fraction of sp³-hybridized carbons (Fsp3) is 0.190. The van der Waals surface area contributed by atoms with Crippen molar-refractivity contribution >= 4 is 62.8 Å². The van der Waals surface area contributed by atoms with Gasteiger partial charge in [0, 0.05) is 7.05 Å². The molecule has 3 aromatic rings. The smallest absolute Gasteiger partial charge is 0.341 e. The first-order valence-electron chi connectivity index (χ1n) is 10.6. The summed E-state index contributed by atoms with van der Waals surface area (Å²) in [5.74, 6) is -4.05. The Kier molecular flexibility index (Phi) is 10.9. The summed E-state index contributed by atoms with van der Waals surface area (Å²) in [6.45, 7) is 0.840. The van der Waals surface area contributed by atoms with Crippen molar-refractivity contribution in [1.82, 2.24) is 24.7 Å². The van der Waals surface area contributed by atoms with Crippen LogP contribution in [0, 0.1) is 12.9 Å². The number of hydrogen-bond donors (Lipinski definition) is 4. The number of urea groups is 1. The van der Waals surface area contributed by atoms with Crippen LogP contribution in [0.25, 0.3) is 0 Å². The number of aliphatic carboxylic acids is 1. The summed E-state index contributed by atoms with van der Waals surface area (Å²) in [5.41, 5.74) is 4.61. The molecule has 0 atom stereocenters. The van der Waals surface area contributed by atoms with Crippen molar-refractivity contribution in [3.8, 4) is 11.9 Å². The fourth-order valence-corrected chi connectivity index (χ4v) is 4.18. The lowest BCUT2D eigenvalue weighted by molar-refractivity contribution is -0.139. The van der Waals surface area contributed by atoms with Crippen LogP contribution >= 0.6 is 23.2 Å². The van der Waals surface area contributed by atoms with Crippen LogP contribution < -0.4 is 24.8 Å². The molecular weight excluding hydrogens is 616 g/mol. The normalized spacial score (nSPS) is 10.6. The number of pyridine rings is 1. The Morgan fingerprint density at radius 3 is 2.32 bits per heavy atom. The minimum Gasteiger partial charge on any atom is -0.479 e. The zero-order valence-electron chi connectivity index (χ0n) is 21.1. The first-order chi connectivity index (χ1) is 19.1. The Morgan fingerprint density at radius 2 is 1.73 bits per heavy atom. The first kappa shape index (κ1) is 32.7. The maximum absolute atomic E-state index is 12.9. The second-order valence-electron chi connectivity index (χ2n) is 7.37. The molecule has 0 radical (unpaired) electrons. The molecule has 0 aliphatic carbocycles. The Labute approximate surface area is 240 Å². The largest absolute Gasteiger partial charge is 0.479 e. The molecule has 2 heterocycles. The molecule has 20 heteroatoms. The molecule has 3 rings (SSSR count). The number of carboxylic acid groups (broad SMARTS) is 2. The molecule has 0 unspecified atom stereocenters. The molecule has 41 heavy (non-hydrogen) atoms. The van der Waals surface area contributed by atoms with E-state index in [-0.39, 0.29) is 28.5 Å². The number of nitrogens with two attached hydrogens (primary N) is 1. The molecule has 16 nitrogen and oxygen atoms in total. The molecule has 2 amide bonds. The van der Waals surface area contributed by atoms with Gasteiger partial charge in [-0.3, -0.25) is 4.90 Å². The van der Waals surface area contributed by atoms with Gasteiger partial charge in [-0.25, -0.2) is 27.5 Å². The topological polar surface area (TPSA) is 237 Å². The number of carboxylic acids is 2. The van der Waals surface area contributed by atoms with Crippen molar-refractivity contribution < 1.29 is 46.9 Å². The highest BCUT2D eigenvalue weighted by molar-refractivity contribution is 7.90. The Morgan fingerprint density at radius 1 is 1.10 bits per heavy atom. The molecule has 0 bridgehead atoms. The molecule has 0 aliphatic heterocycles. The summed E-state index contributed by atoms with van der Waals surface area (Å²) in [6, 6.07) is 3.77. The number of nitrogen functional groups attached to an aromatic ring is 1. The zero-order chi connectivity index (χ0) is 31.1. The molecule has 2 aromatic heterocycles. The number of aromatic carboxylic acids is 1. The van der Waals surface area contributed by atoms with Gasteiger partial charge in [-0.1, -0.05) is 35.3 Å². The number of carbonyl (C=O) groups excluding carboxylic acids is 1. The lowest BCUT2D eigenvalue weighted by Crippen LogP contribution is -2.42. The number of nitrogens with one attached hydrogen (secondary N) is 1. The van der Waals surface area contributed by atoms with E-state index in [0.717, 1.165) is 17.0 Å². The molecule has 0 aliphatic rings. The Hall–Kier alpha value is -4.55. The summed E-state index contributed by atoms with van der Waals surface area (Å²) in [7, 11) is -1.87. The van der Waals surface area contributed by atoms with Crippen LogP contribution in [-0.2, 0) is 14.8 Å². The Balaban J connectivity index is 0.000000333. The molecule has 1 aromatic carbocycles. The van der Waals surface area contributed by atoms with Crippen LogP contribution in [0.2, 0.25) is 10.0 Å². The van der Waals surface area contributed by atoms with Gasteiger partial charge in [0.1, 0.15) is 20.8 Å². The van der Waals surface area contributed by atoms with Crippen molar-refractivity contribution in [1.29, 1.82) is 0 Å². The van der Waals surface area contributed by atoms with Crippen LogP contribution in [0.1, 0.15) is 16.2 Å². The number of hydrogen-bond acceptors (Lipinski definition) is 12. The molecular formula is C21H20Cl2FN7O9S. The number of carbonyl (C=O) groups is 3. The van der Waals surface area contributed by atoms with Gasteiger partial charge in [0.15, 0.2) is 6.61 Å². The second-order valence-corrected chi connectivity index (χ2v) is 9.78. The van der Waals surface area contributed by atoms with Gasteiger partial charge >= 0.3 is 24.0 Å². The summed E-state index contributed by atoms with van der Waals surface area (Å²) in [6.07, 6.45) is 0. The number of amides is 2. The van der Waals surface area contributed by atoms with Crippen LogP contribution in [0.15, 0.2) is 29.2 Å². The number of aryl methyl sites for hydroxylation is 1. The van der Waals surface area contributed by atoms with Crippen molar-refractivity contribution in [3.63, 3.8) is 0 Å². The van der Waals surface area contributed by atoms with Crippen molar-refractivity contribution in [2.45, 2.75) is 11.8 Å². The molecule has 0 spiro atoms. The van der Waals surface area contributed by atoms with Gasteiger partial charge in [0.05, 0.1) is 18.4 Å². The third-order valence-corrected chi connectivity index (χ3v) is 6.61. The lowest BCUT2D eigenvalue weighted by Gasteiger charge is -2.17. The van der Waals surface area contributed by atoms with E-state index in [2.05, 4.69) is 24.7 Å². The number of nitrogens with zero attached hydrogens (tertiary/aromatic N) is 5. The van der Waals surface area contributed by atoms with Crippen LogP contribution in [0.5, 0.6) is 11.9 Å². The van der Waals surface area contributed by atoms with Gasteiger partial charge in [-0.15, -0.1) is 0 Å². The fourth-order valence-electron chi connectivity index (χ4n) is 2.63. The second kappa shape index (κ2) is 13.7. The maximum atomic E-state index is 12.9. The van der Waals surface area contributed by atoms with E-state index in [1.807, 2.05) is 0 Å². The zero-order valence-corrected chi connectivity index (χ0v) is 23.5. The van der Waals surface area contributed by atoms with Crippen molar-refractivity contribution in [3.05, 3.63) is 51.6 Å². The van der Waals surface area contributed by atoms with E-state index < -0.39 is 61.9 Å². The third kappa shape index (κ3) is 8.47. The molecule has 0 saturated heterocycles. The van der Waals surface area contributed by atoms with Gasteiger partial charge in [0.2, 0.25) is 17.8 Å². The van der Waals surface area contributed by atoms with Crippen LogP contribution in [-0.4, -0.2) is 77.3 Å². The lowest BCUT2D eigenvalue weighted by atomic mass is 10.2. The predicted octanol–water partition coefficient (Wildman–Crippen LogP) is 1.99. The average molecular weight is 636 g/mol. The number of sulfonamides is 1. The maximum Gasteiger partial charge on any atom is 0.341 e. The number of methoxy groups -OCH3 is 1. The number of anilines is 2. The molecule has 220 valence electrons. The highest BCUT2D eigenvalue weighted by Crippen LogP contribution is 2.35. The van der Waals surface area contributed by atoms with Crippen molar-refractivity contribution in [2.75, 3.05) is 31.4 Å². The van der Waals surface area contributed by atoms with E-state index >= 15 is 0 Å². The number of aromatic nitrogens is 4. The van der Waals surface area contributed by atoms with E-state index in [1.54, 1.807) is 11.6 Å². The average Bonchev–Trinajstić information content (AvgIpc) is 2.92. The van der Waals surface area contributed by atoms with E-state index in [9.17, 15) is 27.2 Å². The summed E-state index contributed by atoms with van der Waals surface area (Å²) in [5, 5.41) is 16.8. The molecule has 5 N–H and O–H groups in total. The van der Waals surface area contributed by atoms with E-state index in [4.69, 9.17) is 43.9 Å². The standard InChI is InChI=1S/C14H15N5O6S.C7H5Cl2FN2O3/c1-8-15-12(17-13(16-8)25-3)19(2)14(22)18-26(23,24)10-7-5-4-6-9(10)11(20)21;8-3-5(11)4(9)7(12-6(3)10)15-1-2(13)14/h4-7H,1-3H3,(H,18,22)(H,20,21);1H2,(H2,11,12)(H,13,14). The summed E-state index contributed by atoms with van der Waals surface area (Å²) >= 11 is 11.0. The predicted molar refractivity (Wildman–Crippen MR) is 140 cm³/mol. The van der Waals surface area contributed by atoms with E-state index in [0.29, 0.717) is 0 Å². The third-order valence-electron chi connectivity index (χ3n) is 4.50. The highest BCUT2D eigenvalue weighted by Gasteiger charge is 2.27. The van der Waals surface area contributed by atoms with Gasteiger partial charge in [-0.2, -0.15) is 24.3 Å². The Bertz CT molecular complexity index is 1600. The minimum atomic E-state index is -4.44. The van der Waals surface area contributed by atoms with E-state index in [1.165, 1.54) is 26.3 Å². The SMILES string of the molecule is COc1nc(C)nc(N(C)C(=O)NS(=O)(=O)c2ccccc2C(=O)O)n1.Nc1c(Cl)c(F)nc(OCC(=O)O)c1Cl. The first-order valence-corrected chi connectivity index (χ1v) is 12.9. The van der Waals surface area contributed by atoms with Gasteiger partial charge in [-0.05, 0) is 19.1 Å². The van der Waals surface area contributed by atoms with Crippen molar-refractivity contribution in [2.24, 2.45) is 0 Å². The highest BCUT2D eigenvalue weighted by atomic mass is 35.5. The number of ether oxygens (including phenoxy) is 2. The van der Waals surface area contributed by atoms with Gasteiger partial charge < -0.3 is 25.4 Å². The molecule has 0 saturated carbocycles. The monoisotopic (exact) mass is 635 g/mol. The molecule has 0 fully saturated rings. The number of rotatable bonds is 8. The summed E-state index contributed by atoms with van der Waals surface area (Å²) in [4.78, 5) is 48.8. The number of halogens is 3. The summed E-state index contributed by atoms with van der Waals surface area (Å²) < 4.78 is 49.0. The minimum absolute atomic E-state index is 0.0498. The van der Waals surface area contributed by atoms with Crippen LogP contribution in [0.3, 0.4) is 0 Å². The van der Waals surface area contributed by atoms with Crippen LogP contribution in [0.4, 0.5) is 20.8 Å².